The number of anilines is 2. The fourth-order valence-corrected chi connectivity index (χ4v) is 5.17. The highest BCUT2D eigenvalue weighted by Gasteiger charge is 2.25. The average molecular weight is 459 g/mol. The summed E-state index contributed by atoms with van der Waals surface area (Å²) in [6.07, 6.45) is 2.08. The van der Waals surface area contributed by atoms with Crippen LogP contribution in [0.15, 0.2) is 89.8 Å². The van der Waals surface area contributed by atoms with Gasteiger partial charge in [0.15, 0.2) is 0 Å². The molecule has 0 aliphatic carbocycles. The van der Waals surface area contributed by atoms with E-state index in [1.54, 1.807) is 23.1 Å². The summed E-state index contributed by atoms with van der Waals surface area (Å²) >= 11 is 3.36. The third kappa shape index (κ3) is 4.90. The van der Waals surface area contributed by atoms with Crippen LogP contribution in [0.4, 0.5) is 10.7 Å². The van der Waals surface area contributed by atoms with Crippen molar-refractivity contribution in [1.29, 1.82) is 0 Å². The topological polar surface area (TPSA) is 41.1 Å². The molecule has 1 atom stereocenters. The molecular formula is C27H26N2OS2. The summed E-state index contributed by atoms with van der Waals surface area (Å²) in [6.45, 7) is 4.24. The number of thiophene rings is 1. The van der Waals surface area contributed by atoms with E-state index >= 15 is 0 Å². The van der Waals surface area contributed by atoms with E-state index < -0.39 is 0 Å². The van der Waals surface area contributed by atoms with Gasteiger partial charge in [-0.1, -0.05) is 48.5 Å². The first-order chi connectivity index (χ1) is 15.6. The Hall–Kier alpha value is -3.02. The van der Waals surface area contributed by atoms with Crippen molar-refractivity contribution in [2.45, 2.75) is 24.8 Å². The van der Waals surface area contributed by atoms with E-state index in [0.29, 0.717) is 5.56 Å². The minimum Gasteiger partial charge on any atom is -0.374 e. The van der Waals surface area contributed by atoms with E-state index in [1.807, 2.05) is 48.5 Å². The Morgan fingerprint density at radius 1 is 0.875 bits per heavy atom. The lowest BCUT2D eigenvalue weighted by Gasteiger charge is -2.23. The highest BCUT2D eigenvalue weighted by atomic mass is 32.2. The maximum atomic E-state index is 13.0. The molecular weight excluding hydrogens is 432 g/mol. The third-order valence-corrected chi connectivity index (χ3v) is 7.40. The van der Waals surface area contributed by atoms with E-state index in [0.717, 1.165) is 21.8 Å². The molecule has 0 aliphatic heterocycles. The van der Waals surface area contributed by atoms with Crippen molar-refractivity contribution in [3.05, 3.63) is 112 Å². The Morgan fingerprint density at radius 2 is 1.50 bits per heavy atom. The lowest BCUT2D eigenvalue weighted by Crippen LogP contribution is -2.17. The molecule has 4 aromatic rings. The van der Waals surface area contributed by atoms with E-state index in [-0.39, 0.29) is 11.9 Å². The highest BCUT2D eigenvalue weighted by molar-refractivity contribution is 7.98. The van der Waals surface area contributed by atoms with Gasteiger partial charge in [-0.25, -0.2) is 0 Å². The van der Waals surface area contributed by atoms with Gasteiger partial charge < -0.3 is 10.6 Å². The van der Waals surface area contributed by atoms with Crippen molar-refractivity contribution < 1.29 is 4.79 Å². The third-order valence-electron chi connectivity index (χ3n) is 5.52. The summed E-state index contributed by atoms with van der Waals surface area (Å²) in [7, 11) is 0. The second kappa shape index (κ2) is 10.1. The van der Waals surface area contributed by atoms with Crippen LogP contribution in [0.25, 0.3) is 0 Å². The Balaban J connectivity index is 1.76. The van der Waals surface area contributed by atoms with Crippen LogP contribution in [0.1, 0.15) is 38.0 Å². The molecule has 0 aliphatic rings. The highest BCUT2D eigenvalue weighted by Crippen LogP contribution is 2.41. The molecule has 1 aromatic heterocycles. The maximum Gasteiger partial charge on any atom is 0.256 e. The van der Waals surface area contributed by atoms with Gasteiger partial charge in [0.25, 0.3) is 5.91 Å². The number of carbonyl (C=O) groups is 1. The summed E-state index contributed by atoms with van der Waals surface area (Å²) in [4.78, 5) is 15.4. The van der Waals surface area contributed by atoms with E-state index in [2.05, 4.69) is 67.1 Å². The first-order valence-corrected chi connectivity index (χ1v) is 12.5. The maximum absolute atomic E-state index is 13.0. The molecule has 2 N–H and O–H groups in total. The summed E-state index contributed by atoms with van der Waals surface area (Å²) < 4.78 is 0. The normalized spacial score (nSPS) is 11.7. The molecule has 1 heterocycles. The van der Waals surface area contributed by atoms with Crippen molar-refractivity contribution in [2.24, 2.45) is 0 Å². The van der Waals surface area contributed by atoms with E-state index in [9.17, 15) is 4.79 Å². The van der Waals surface area contributed by atoms with Gasteiger partial charge in [0.05, 0.1) is 6.04 Å². The first kappa shape index (κ1) is 22.2. The minimum atomic E-state index is -0.0932. The largest absolute Gasteiger partial charge is 0.374 e. The molecule has 162 valence electrons. The van der Waals surface area contributed by atoms with Crippen LogP contribution in [-0.2, 0) is 0 Å². The fraction of sp³-hybridized carbons (Fsp3) is 0.148. The Morgan fingerprint density at radius 3 is 2.12 bits per heavy atom. The number of aryl methyl sites for hydroxylation is 1. The number of nitrogens with one attached hydrogen (secondary N) is 2. The number of carbonyl (C=O) groups excluding carboxylic acids is 1. The smallest absolute Gasteiger partial charge is 0.256 e. The van der Waals surface area contributed by atoms with E-state index in [1.165, 1.54) is 15.3 Å². The van der Waals surface area contributed by atoms with Gasteiger partial charge >= 0.3 is 0 Å². The van der Waals surface area contributed by atoms with Gasteiger partial charge in [0.1, 0.15) is 5.00 Å². The van der Waals surface area contributed by atoms with Gasteiger partial charge in [0, 0.05) is 26.6 Å². The average Bonchev–Trinajstić information content (AvgIpc) is 3.11. The Bertz CT molecular complexity index is 1190. The van der Waals surface area contributed by atoms with Crippen molar-refractivity contribution in [2.75, 3.05) is 16.9 Å². The lowest BCUT2D eigenvalue weighted by molar-refractivity contribution is 0.102. The molecule has 0 saturated heterocycles. The second-order valence-corrected chi connectivity index (χ2v) is 9.67. The number of amides is 1. The summed E-state index contributed by atoms with van der Waals surface area (Å²) in [5.41, 5.74) is 5.15. The number of thioether (sulfide) groups is 1. The summed E-state index contributed by atoms with van der Waals surface area (Å²) in [6, 6.07) is 28.1. The van der Waals surface area contributed by atoms with E-state index in [4.69, 9.17) is 0 Å². The lowest BCUT2D eigenvalue weighted by atomic mass is 9.96. The molecule has 0 saturated carbocycles. The van der Waals surface area contributed by atoms with Crippen molar-refractivity contribution in [1.82, 2.24) is 0 Å². The standard InChI is InChI=1S/C27H26N2OS2/c1-18-19(2)32-27(29-26(30)21-10-6-4-7-11-21)24(18)25(28-22-12-8-5-9-13-22)20-14-16-23(31-3)17-15-20/h4-17,25,28H,1-3H3,(H,29,30)/t25-/m1/s1. The molecule has 0 radical (unpaired) electrons. The number of rotatable bonds is 7. The van der Waals surface area contributed by atoms with Gasteiger partial charge in [-0.2, -0.15) is 0 Å². The van der Waals surface area contributed by atoms with Crippen LogP contribution in [0, 0.1) is 13.8 Å². The number of benzene rings is 3. The molecule has 5 heteroatoms. The van der Waals surface area contributed by atoms with Crippen LogP contribution < -0.4 is 10.6 Å². The molecule has 3 nitrogen and oxygen atoms in total. The van der Waals surface area contributed by atoms with Gasteiger partial charge in [0.2, 0.25) is 0 Å². The molecule has 3 aromatic carbocycles. The SMILES string of the molecule is CSc1ccc([C@@H](Nc2ccccc2)c2c(NC(=O)c3ccccc3)sc(C)c2C)cc1. The first-order valence-electron chi connectivity index (χ1n) is 10.5. The zero-order valence-corrected chi connectivity index (χ0v) is 20.0. The molecule has 32 heavy (non-hydrogen) atoms. The quantitative estimate of drug-likeness (QED) is 0.281. The fourth-order valence-electron chi connectivity index (χ4n) is 3.67. The summed E-state index contributed by atoms with van der Waals surface area (Å²) in [5, 5.41) is 7.77. The number of para-hydroxylation sites is 1. The van der Waals surface area contributed by atoms with Crippen LogP contribution >= 0.6 is 23.1 Å². The van der Waals surface area contributed by atoms with Gasteiger partial charge in [-0.3, -0.25) is 4.79 Å². The Labute approximate surface area is 197 Å². The van der Waals surface area contributed by atoms with Crippen LogP contribution in [0.2, 0.25) is 0 Å². The van der Waals surface area contributed by atoms with Crippen molar-refractivity contribution in [3.63, 3.8) is 0 Å². The summed E-state index contributed by atoms with van der Waals surface area (Å²) in [5.74, 6) is -0.0932. The van der Waals surface area contributed by atoms with Gasteiger partial charge in [-0.05, 0) is 67.6 Å². The number of hydrogen-bond acceptors (Lipinski definition) is 4. The monoisotopic (exact) mass is 458 g/mol. The molecule has 0 unspecified atom stereocenters. The van der Waals surface area contributed by atoms with Crippen LogP contribution in [-0.4, -0.2) is 12.2 Å². The molecule has 0 spiro atoms. The zero-order valence-electron chi connectivity index (χ0n) is 18.4. The second-order valence-electron chi connectivity index (χ2n) is 7.56. The van der Waals surface area contributed by atoms with Crippen molar-refractivity contribution in [3.8, 4) is 0 Å². The molecule has 4 rings (SSSR count). The molecule has 1 amide bonds. The number of hydrogen-bond donors (Lipinski definition) is 2. The van der Waals surface area contributed by atoms with Crippen molar-refractivity contribution >= 4 is 39.7 Å². The predicted octanol–water partition coefficient (Wildman–Crippen LogP) is 7.54. The predicted molar refractivity (Wildman–Crippen MR) is 138 cm³/mol. The van der Waals surface area contributed by atoms with Crippen LogP contribution in [0.3, 0.4) is 0 Å². The minimum absolute atomic E-state index is 0.0932. The molecule has 0 bridgehead atoms. The van der Waals surface area contributed by atoms with Crippen LogP contribution in [0.5, 0.6) is 0 Å². The van der Waals surface area contributed by atoms with Gasteiger partial charge in [-0.15, -0.1) is 23.1 Å². The zero-order chi connectivity index (χ0) is 22.5. The Kier molecular flexibility index (Phi) is 6.98. The molecule has 0 fully saturated rings.